The number of para-hydroxylation sites is 1. The zero-order valence-corrected chi connectivity index (χ0v) is 16.3. The molecule has 1 saturated heterocycles. The van der Waals surface area contributed by atoms with Crippen molar-refractivity contribution in [3.63, 3.8) is 0 Å². The minimum atomic E-state index is -0.888. The second-order valence-corrected chi connectivity index (χ2v) is 7.74. The third-order valence-electron chi connectivity index (χ3n) is 5.51. The van der Waals surface area contributed by atoms with Gasteiger partial charge in [-0.1, -0.05) is 48.5 Å². The largest absolute Gasteiger partial charge is 0.325 e. The van der Waals surface area contributed by atoms with Crippen LogP contribution < -0.4 is 15.8 Å². The van der Waals surface area contributed by atoms with Crippen molar-refractivity contribution < 1.29 is 14.4 Å². The van der Waals surface area contributed by atoms with E-state index in [1.54, 1.807) is 11.9 Å². The van der Waals surface area contributed by atoms with Gasteiger partial charge in [-0.05, 0) is 43.4 Å². The van der Waals surface area contributed by atoms with Crippen LogP contribution in [0.25, 0.3) is 0 Å². The van der Waals surface area contributed by atoms with Crippen molar-refractivity contribution in [3.8, 4) is 0 Å². The predicted molar refractivity (Wildman–Crippen MR) is 109 cm³/mol. The smallest absolute Gasteiger partial charge is 0.323 e. The molecule has 2 aliphatic rings. The number of nitrogens with zero attached hydrogens (tertiary/aromatic N) is 2. The van der Waals surface area contributed by atoms with Crippen molar-refractivity contribution >= 4 is 23.5 Å². The summed E-state index contributed by atoms with van der Waals surface area (Å²) in [5.74, 6) is -0.589. The fourth-order valence-corrected chi connectivity index (χ4v) is 3.70. The summed E-state index contributed by atoms with van der Waals surface area (Å²) in [5.41, 5.74) is 3.79. The molecule has 1 saturated carbocycles. The fourth-order valence-electron chi connectivity index (χ4n) is 3.70. The molecule has 1 unspecified atom stereocenters. The highest BCUT2D eigenvalue weighted by Crippen LogP contribution is 2.42. The first-order valence-electron chi connectivity index (χ1n) is 9.77. The molecule has 2 fully saturated rings. The van der Waals surface area contributed by atoms with Crippen LogP contribution in [0.2, 0.25) is 0 Å². The molecule has 0 aromatic heterocycles. The van der Waals surface area contributed by atoms with Gasteiger partial charge in [-0.25, -0.2) is 4.79 Å². The zero-order valence-electron chi connectivity index (χ0n) is 16.3. The van der Waals surface area contributed by atoms with Gasteiger partial charge in [0.15, 0.2) is 0 Å². The Hall–Kier alpha value is -3.35. The topological polar surface area (TPSA) is 81.8 Å². The number of hydrogen-bond donors (Lipinski definition) is 2. The number of hydrogen-bond acceptors (Lipinski definition) is 4. The Bertz CT molecular complexity index is 914. The van der Waals surface area contributed by atoms with Gasteiger partial charge >= 0.3 is 6.03 Å². The van der Waals surface area contributed by atoms with Gasteiger partial charge in [-0.2, -0.15) is 0 Å². The molecule has 4 amide bonds. The van der Waals surface area contributed by atoms with Crippen LogP contribution in [-0.2, 0) is 16.1 Å². The molecular formula is C22H24N4O3. The quantitative estimate of drug-likeness (QED) is 0.560. The van der Waals surface area contributed by atoms with E-state index in [1.165, 1.54) is 0 Å². The van der Waals surface area contributed by atoms with E-state index in [0.717, 1.165) is 29.0 Å². The van der Waals surface area contributed by atoms with Crippen molar-refractivity contribution in [2.24, 2.45) is 5.92 Å². The minimum Gasteiger partial charge on any atom is -0.323 e. The number of hydrazine groups is 1. The van der Waals surface area contributed by atoms with E-state index >= 15 is 0 Å². The van der Waals surface area contributed by atoms with Gasteiger partial charge in [0.1, 0.15) is 12.1 Å². The standard InChI is InChI=1S/C22H24N4O3/c1-22(17-12-13-17)20(28)25(21(29)23-22)15-19(27)24-26(18-10-6-3-7-11-18)14-16-8-4-2-5-9-16/h2-11,17H,12-15H2,1H3,(H,23,29)(H,24,27). The van der Waals surface area contributed by atoms with Crippen LogP contribution >= 0.6 is 0 Å². The molecule has 0 radical (unpaired) electrons. The second-order valence-electron chi connectivity index (χ2n) is 7.74. The molecule has 7 nitrogen and oxygen atoms in total. The van der Waals surface area contributed by atoms with Gasteiger partial charge in [-0.3, -0.25) is 24.9 Å². The maximum atomic E-state index is 12.8. The average molecular weight is 392 g/mol. The van der Waals surface area contributed by atoms with Gasteiger partial charge in [0.25, 0.3) is 11.8 Å². The van der Waals surface area contributed by atoms with Crippen molar-refractivity contribution in [1.82, 2.24) is 15.6 Å². The van der Waals surface area contributed by atoms with Gasteiger partial charge < -0.3 is 5.32 Å². The summed E-state index contributed by atoms with van der Waals surface area (Å²) in [6.45, 7) is 1.89. The lowest BCUT2D eigenvalue weighted by atomic mass is 9.96. The van der Waals surface area contributed by atoms with E-state index in [1.807, 2.05) is 60.7 Å². The van der Waals surface area contributed by atoms with Crippen LogP contribution in [-0.4, -0.2) is 34.8 Å². The van der Waals surface area contributed by atoms with E-state index in [9.17, 15) is 14.4 Å². The molecule has 1 heterocycles. The first kappa shape index (κ1) is 19.0. The maximum Gasteiger partial charge on any atom is 0.325 e. The number of carbonyl (C=O) groups is 3. The third-order valence-corrected chi connectivity index (χ3v) is 5.51. The number of benzene rings is 2. The fraction of sp³-hybridized carbons (Fsp3) is 0.318. The molecule has 29 heavy (non-hydrogen) atoms. The minimum absolute atomic E-state index is 0.158. The van der Waals surface area contributed by atoms with Crippen LogP contribution in [0, 0.1) is 5.92 Å². The Morgan fingerprint density at radius 2 is 1.72 bits per heavy atom. The number of amides is 4. The third kappa shape index (κ3) is 3.94. The Morgan fingerprint density at radius 1 is 1.10 bits per heavy atom. The average Bonchev–Trinajstić information content (AvgIpc) is 3.55. The Kier molecular flexibility index (Phi) is 4.96. The number of imide groups is 1. The summed E-state index contributed by atoms with van der Waals surface area (Å²) in [5, 5.41) is 4.48. The lowest BCUT2D eigenvalue weighted by molar-refractivity contribution is -0.135. The summed E-state index contributed by atoms with van der Waals surface area (Å²) in [7, 11) is 0. The molecule has 0 spiro atoms. The van der Waals surface area contributed by atoms with Crippen molar-refractivity contribution in [2.45, 2.75) is 31.8 Å². The number of anilines is 1. The van der Waals surface area contributed by atoms with E-state index in [2.05, 4.69) is 10.7 Å². The van der Waals surface area contributed by atoms with Gasteiger partial charge in [0.05, 0.1) is 12.2 Å². The van der Waals surface area contributed by atoms with Crippen LogP contribution in [0.3, 0.4) is 0 Å². The molecule has 2 aromatic carbocycles. The molecular weight excluding hydrogens is 368 g/mol. The normalized spacial score (nSPS) is 21.1. The van der Waals surface area contributed by atoms with Crippen molar-refractivity contribution in [2.75, 3.05) is 11.6 Å². The predicted octanol–water partition coefficient (Wildman–Crippen LogP) is 2.44. The molecule has 1 aliphatic heterocycles. The van der Waals surface area contributed by atoms with Gasteiger partial charge in [0.2, 0.25) is 0 Å². The van der Waals surface area contributed by atoms with Crippen molar-refractivity contribution in [3.05, 3.63) is 66.2 Å². The van der Waals surface area contributed by atoms with E-state index in [0.29, 0.717) is 6.54 Å². The highest BCUT2D eigenvalue weighted by molar-refractivity contribution is 6.09. The van der Waals surface area contributed by atoms with Crippen LogP contribution in [0.5, 0.6) is 0 Å². The van der Waals surface area contributed by atoms with Gasteiger partial charge in [-0.15, -0.1) is 0 Å². The molecule has 1 aliphatic carbocycles. The molecule has 0 bridgehead atoms. The number of urea groups is 1. The summed E-state index contributed by atoms with van der Waals surface area (Å²) >= 11 is 0. The molecule has 150 valence electrons. The zero-order chi connectivity index (χ0) is 20.4. The Morgan fingerprint density at radius 3 is 2.34 bits per heavy atom. The maximum absolute atomic E-state index is 12.8. The summed E-state index contributed by atoms with van der Waals surface area (Å²) < 4.78 is 0. The van der Waals surface area contributed by atoms with Crippen LogP contribution in [0.15, 0.2) is 60.7 Å². The number of carbonyl (C=O) groups excluding carboxylic acids is 3. The van der Waals surface area contributed by atoms with Gasteiger partial charge in [0, 0.05) is 0 Å². The first-order valence-corrected chi connectivity index (χ1v) is 9.77. The summed E-state index contributed by atoms with van der Waals surface area (Å²) in [6.07, 6.45) is 1.84. The molecule has 4 rings (SSSR count). The summed E-state index contributed by atoms with van der Waals surface area (Å²) in [6, 6.07) is 18.7. The van der Waals surface area contributed by atoms with E-state index in [4.69, 9.17) is 0 Å². The lowest BCUT2D eigenvalue weighted by Gasteiger charge is -2.26. The molecule has 2 N–H and O–H groups in total. The Labute approximate surface area is 169 Å². The number of nitrogens with one attached hydrogen (secondary N) is 2. The highest BCUT2D eigenvalue weighted by atomic mass is 16.2. The monoisotopic (exact) mass is 392 g/mol. The second kappa shape index (κ2) is 7.58. The van der Waals surface area contributed by atoms with Crippen LogP contribution in [0.4, 0.5) is 10.5 Å². The van der Waals surface area contributed by atoms with Crippen LogP contribution in [0.1, 0.15) is 25.3 Å². The molecule has 7 heteroatoms. The van der Waals surface area contributed by atoms with Crippen molar-refractivity contribution in [1.29, 1.82) is 0 Å². The molecule has 1 atom stereocenters. The SMILES string of the molecule is CC1(C2CC2)NC(=O)N(CC(=O)NN(Cc2ccccc2)c2ccccc2)C1=O. The number of rotatable bonds is 7. The first-order chi connectivity index (χ1) is 14.0. The van der Waals surface area contributed by atoms with E-state index in [-0.39, 0.29) is 18.4 Å². The van der Waals surface area contributed by atoms with E-state index < -0.39 is 17.5 Å². The highest BCUT2D eigenvalue weighted by Gasteiger charge is 2.56. The summed E-state index contributed by atoms with van der Waals surface area (Å²) in [4.78, 5) is 38.8. The Balaban J connectivity index is 1.47. The lowest BCUT2D eigenvalue weighted by Crippen LogP contribution is -2.49. The molecule has 2 aromatic rings.